The Kier molecular flexibility index (Phi) is 9.11. The minimum Gasteiger partial charge on any atom is -0.494 e. The van der Waals surface area contributed by atoms with Crippen molar-refractivity contribution in [1.82, 2.24) is 5.43 Å². The molecule has 0 aromatic heterocycles. The molecule has 0 spiro atoms. The summed E-state index contributed by atoms with van der Waals surface area (Å²) in [5.74, 6) is 0.649. The third kappa shape index (κ3) is 6.98. The monoisotopic (exact) mass is 574 g/mol. The van der Waals surface area contributed by atoms with Crippen molar-refractivity contribution in [3.05, 3.63) is 101 Å². The first kappa shape index (κ1) is 26.9. The number of hydrogen-bond donors (Lipinski definition) is 1. The van der Waals surface area contributed by atoms with Gasteiger partial charge in [0.25, 0.3) is 5.91 Å². The Morgan fingerprint density at radius 3 is 2.53 bits per heavy atom. The van der Waals surface area contributed by atoms with Gasteiger partial charge in [-0.25, -0.2) is 10.2 Å². The lowest BCUT2D eigenvalue weighted by molar-refractivity contribution is -0.127. The van der Waals surface area contributed by atoms with Crippen molar-refractivity contribution in [2.24, 2.45) is 5.10 Å². The summed E-state index contributed by atoms with van der Waals surface area (Å²) >= 11 is 3.41. The number of rotatable bonds is 10. The highest BCUT2D eigenvalue weighted by atomic mass is 79.9. The maximum atomic E-state index is 12.7. The molecule has 194 valence electrons. The molecule has 0 radical (unpaired) electrons. The number of ether oxygens (including phenoxy) is 3. The molecule has 7 nitrogen and oxygen atoms in total. The van der Waals surface area contributed by atoms with Crippen molar-refractivity contribution < 1.29 is 23.8 Å². The number of carbonyl (C=O) groups is 2. The van der Waals surface area contributed by atoms with Gasteiger partial charge in [-0.05, 0) is 67.3 Å². The van der Waals surface area contributed by atoms with Gasteiger partial charge in [-0.1, -0.05) is 59.3 Å². The molecule has 8 heteroatoms. The van der Waals surface area contributed by atoms with Crippen molar-refractivity contribution in [2.75, 3.05) is 6.61 Å². The maximum absolute atomic E-state index is 12.7. The van der Waals surface area contributed by atoms with Gasteiger partial charge in [-0.3, -0.25) is 4.79 Å². The van der Waals surface area contributed by atoms with Crippen LogP contribution in [0.2, 0.25) is 0 Å². The molecule has 0 fully saturated rings. The molecule has 4 aromatic carbocycles. The van der Waals surface area contributed by atoms with E-state index in [2.05, 4.69) is 26.5 Å². The van der Waals surface area contributed by atoms with Gasteiger partial charge in [0.2, 0.25) is 0 Å². The molecular formula is C30H27BrN2O5. The lowest BCUT2D eigenvalue weighted by Gasteiger charge is -2.14. The lowest BCUT2D eigenvalue weighted by atomic mass is 10.1. The topological polar surface area (TPSA) is 86.2 Å². The average Bonchev–Trinajstić information content (AvgIpc) is 2.93. The Hall–Kier alpha value is -4.17. The average molecular weight is 575 g/mol. The van der Waals surface area contributed by atoms with Crippen LogP contribution in [0.5, 0.6) is 17.2 Å². The van der Waals surface area contributed by atoms with Crippen molar-refractivity contribution in [2.45, 2.75) is 26.4 Å². The zero-order valence-electron chi connectivity index (χ0n) is 21.0. The van der Waals surface area contributed by atoms with Crippen LogP contribution in [0.15, 0.2) is 94.5 Å². The fourth-order valence-corrected chi connectivity index (χ4v) is 3.96. The quantitative estimate of drug-likeness (QED) is 0.101. The van der Waals surface area contributed by atoms with E-state index in [1.54, 1.807) is 49.4 Å². The van der Waals surface area contributed by atoms with Gasteiger partial charge in [0.1, 0.15) is 17.2 Å². The van der Waals surface area contributed by atoms with E-state index in [0.717, 1.165) is 21.7 Å². The summed E-state index contributed by atoms with van der Waals surface area (Å²) in [7, 11) is 0. The van der Waals surface area contributed by atoms with Gasteiger partial charge in [0, 0.05) is 15.4 Å². The van der Waals surface area contributed by atoms with Crippen LogP contribution < -0.4 is 19.6 Å². The van der Waals surface area contributed by atoms with E-state index in [9.17, 15) is 9.59 Å². The van der Waals surface area contributed by atoms with Crippen molar-refractivity contribution in [1.29, 1.82) is 0 Å². The first-order valence-corrected chi connectivity index (χ1v) is 13.0. The number of fused-ring (bicyclic) bond motifs is 1. The normalized spacial score (nSPS) is 11.8. The summed E-state index contributed by atoms with van der Waals surface area (Å²) in [5.41, 5.74) is 3.37. The summed E-state index contributed by atoms with van der Waals surface area (Å²) in [6.07, 6.45) is 1.52. The standard InChI is InChI=1S/C30H27BrN2O5/c1-3-17-36-25-14-11-22(12-15-25)30(35)38-27-16-13-24(31)18-23(27)19-32-33-29(34)20(2)37-28-10-6-8-21-7-4-5-9-26(21)28/h4-16,18-20H,3,17H2,1-2H3,(H,33,34)/b32-19-/t20-/m1/s1. The fraction of sp³-hybridized carbons (Fsp3) is 0.167. The fourth-order valence-electron chi connectivity index (χ4n) is 3.58. The minimum absolute atomic E-state index is 0.294. The van der Waals surface area contributed by atoms with Crippen molar-refractivity contribution in [3.63, 3.8) is 0 Å². The van der Waals surface area contributed by atoms with Crippen LogP contribution in [-0.4, -0.2) is 30.8 Å². The third-order valence-corrected chi connectivity index (χ3v) is 6.03. The zero-order valence-corrected chi connectivity index (χ0v) is 22.6. The number of benzene rings is 4. The van der Waals surface area contributed by atoms with E-state index in [1.165, 1.54) is 6.21 Å². The van der Waals surface area contributed by atoms with Gasteiger partial charge >= 0.3 is 5.97 Å². The highest BCUT2D eigenvalue weighted by Crippen LogP contribution is 2.26. The van der Waals surface area contributed by atoms with E-state index in [4.69, 9.17) is 14.2 Å². The summed E-state index contributed by atoms with van der Waals surface area (Å²) in [6.45, 7) is 4.28. The molecule has 0 saturated heterocycles. The van der Waals surface area contributed by atoms with E-state index < -0.39 is 18.0 Å². The number of esters is 1. The summed E-state index contributed by atoms with van der Waals surface area (Å²) in [4.78, 5) is 25.3. The molecular weight excluding hydrogens is 548 g/mol. The molecule has 1 amide bonds. The smallest absolute Gasteiger partial charge is 0.343 e. The van der Waals surface area contributed by atoms with Gasteiger partial charge in [0.15, 0.2) is 6.10 Å². The van der Waals surface area contributed by atoms with Crippen LogP contribution >= 0.6 is 15.9 Å². The SMILES string of the molecule is CCCOc1ccc(C(=O)Oc2ccc(Br)cc2/C=N\NC(=O)[C@@H](C)Oc2cccc3ccccc23)cc1. The second-order valence-corrected chi connectivity index (χ2v) is 9.33. The molecule has 38 heavy (non-hydrogen) atoms. The predicted molar refractivity (Wildman–Crippen MR) is 151 cm³/mol. The predicted octanol–water partition coefficient (Wildman–Crippen LogP) is 6.53. The minimum atomic E-state index is -0.790. The van der Waals surface area contributed by atoms with Crippen LogP contribution in [0.3, 0.4) is 0 Å². The molecule has 0 saturated carbocycles. The molecule has 0 bridgehead atoms. The van der Waals surface area contributed by atoms with E-state index >= 15 is 0 Å². The highest BCUT2D eigenvalue weighted by Gasteiger charge is 2.16. The molecule has 0 aliphatic carbocycles. The van der Waals surface area contributed by atoms with Crippen LogP contribution in [0.4, 0.5) is 0 Å². The Labute approximate surface area is 229 Å². The molecule has 4 aromatic rings. The first-order chi connectivity index (χ1) is 18.4. The second kappa shape index (κ2) is 12.9. The number of nitrogens with one attached hydrogen (secondary N) is 1. The van der Waals surface area contributed by atoms with Gasteiger partial charge in [-0.2, -0.15) is 5.10 Å². The number of hydrogen-bond acceptors (Lipinski definition) is 6. The van der Waals surface area contributed by atoms with E-state index in [0.29, 0.717) is 35.0 Å². The van der Waals surface area contributed by atoms with Crippen molar-refractivity contribution in [3.8, 4) is 17.2 Å². The molecule has 0 unspecified atom stereocenters. The molecule has 1 atom stereocenters. The third-order valence-electron chi connectivity index (χ3n) is 5.54. The van der Waals surface area contributed by atoms with Gasteiger partial charge in [-0.15, -0.1) is 0 Å². The van der Waals surface area contributed by atoms with Crippen LogP contribution in [0, 0.1) is 0 Å². The molecule has 0 aliphatic heterocycles. The Bertz CT molecular complexity index is 1450. The Balaban J connectivity index is 1.40. The highest BCUT2D eigenvalue weighted by molar-refractivity contribution is 9.10. The number of carbonyl (C=O) groups excluding carboxylic acids is 2. The largest absolute Gasteiger partial charge is 0.494 e. The number of halogens is 1. The number of nitrogens with zero attached hydrogens (tertiary/aromatic N) is 1. The number of amides is 1. The maximum Gasteiger partial charge on any atom is 0.343 e. The van der Waals surface area contributed by atoms with Gasteiger partial charge < -0.3 is 14.2 Å². The molecule has 0 heterocycles. The van der Waals surface area contributed by atoms with E-state index in [1.807, 2.05) is 49.4 Å². The van der Waals surface area contributed by atoms with Crippen LogP contribution in [0.25, 0.3) is 10.8 Å². The van der Waals surface area contributed by atoms with Crippen LogP contribution in [0.1, 0.15) is 36.2 Å². The molecule has 1 N–H and O–H groups in total. The Morgan fingerprint density at radius 1 is 0.974 bits per heavy atom. The number of hydrazone groups is 1. The molecule has 0 aliphatic rings. The summed E-state index contributed by atoms with van der Waals surface area (Å²) in [6, 6.07) is 25.4. The Morgan fingerprint density at radius 2 is 1.74 bits per heavy atom. The van der Waals surface area contributed by atoms with Crippen LogP contribution in [-0.2, 0) is 4.79 Å². The van der Waals surface area contributed by atoms with Crippen molar-refractivity contribution >= 4 is 44.8 Å². The van der Waals surface area contributed by atoms with Gasteiger partial charge in [0.05, 0.1) is 18.4 Å². The second-order valence-electron chi connectivity index (χ2n) is 8.42. The summed E-state index contributed by atoms with van der Waals surface area (Å²) < 4.78 is 17.8. The molecule has 4 rings (SSSR count). The summed E-state index contributed by atoms with van der Waals surface area (Å²) in [5, 5.41) is 6.00. The zero-order chi connectivity index (χ0) is 26.9. The first-order valence-electron chi connectivity index (χ1n) is 12.2. The van der Waals surface area contributed by atoms with E-state index in [-0.39, 0.29) is 0 Å². The lowest BCUT2D eigenvalue weighted by Crippen LogP contribution is -2.33.